The summed E-state index contributed by atoms with van der Waals surface area (Å²) >= 11 is 0. The van der Waals surface area contributed by atoms with E-state index in [1.807, 2.05) is 30.3 Å². The SMILES string of the molecule is CC(CNCCc1ccccc1)(C(=O)O)C(=O)O. The van der Waals surface area contributed by atoms with Gasteiger partial charge in [0, 0.05) is 6.54 Å². The van der Waals surface area contributed by atoms with Crippen LogP contribution < -0.4 is 5.32 Å². The molecule has 3 N–H and O–H groups in total. The zero-order valence-electron chi connectivity index (χ0n) is 10.2. The summed E-state index contributed by atoms with van der Waals surface area (Å²) < 4.78 is 0. The molecule has 0 saturated heterocycles. The van der Waals surface area contributed by atoms with E-state index in [-0.39, 0.29) is 6.54 Å². The number of benzene rings is 1. The summed E-state index contributed by atoms with van der Waals surface area (Å²) in [5.74, 6) is -2.66. The summed E-state index contributed by atoms with van der Waals surface area (Å²) in [6, 6.07) is 9.70. The minimum atomic E-state index is -1.78. The number of hydrogen-bond donors (Lipinski definition) is 3. The normalized spacial score (nSPS) is 11.2. The average Bonchev–Trinajstić information content (AvgIpc) is 2.35. The second kappa shape index (κ2) is 6.16. The van der Waals surface area contributed by atoms with Gasteiger partial charge in [-0.05, 0) is 25.5 Å². The average molecular weight is 251 g/mol. The Labute approximate surface area is 105 Å². The molecule has 0 unspecified atom stereocenters. The lowest BCUT2D eigenvalue weighted by Gasteiger charge is -2.20. The van der Waals surface area contributed by atoms with Gasteiger partial charge in [-0.1, -0.05) is 30.3 Å². The molecule has 0 aromatic heterocycles. The Bertz CT molecular complexity index is 402. The highest BCUT2D eigenvalue weighted by molar-refractivity contribution is 5.98. The van der Waals surface area contributed by atoms with Crippen LogP contribution in [0, 0.1) is 5.41 Å². The Morgan fingerprint density at radius 3 is 2.22 bits per heavy atom. The number of carbonyl (C=O) groups is 2. The van der Waals surface area contributed by atoms with Crippen LogP contribution in [-0.4, -0.2) is 35.2 Å². The molecule has 0 fully saturated rings. The van der Waals surface area contributed by atoms with Gasteiger partial charge >= 0.3 is 11.9 Å². The Kier molecular flexibility index (Phi) is 4.85. The molecule has 0 heterocycles. The van der Waals surface area contributed by atoms with Crippen molar-refractivity contribution in [3.05, 3.63) is 35.9 Å². The van der Waals surface area contributed by atoms with Crippen molar-refractivity contribution in [3.8, 4) is 0 Å². The Balaban J connectivity index is 2.41. The molecule has 1 rings (SSSR count). The molecule has 0 aliphatic rings. The van der Waals surface area contributed by atoms with E-state index < -0.39 is 17.4 Å². The molecule has 5 heteroatoms. The maximum Gasteiger partial charge on any atom is 0.322 e. The van der Waals surface area contributed by atoms with E-state index in [1.165, 1.54) is 6.92 Å². The number of aliphatic carboxylic acids is 2. The Hall–Kier alpha value is -1.88. The maximum atomic E-state index is 10.9. The van der Waals surface area contributed by atoms with Crippen molar-refractivity contribution < 1.29 is 19.8 Å². The fourth-order valence-electron chi connectivity index (χ4n) is 1.46. The van der Waals surface area contributed by atoms with Crippen LogP contribution in [0.15, 0.2) is 30.3 Å². The van der Waals surface area contributed by atoms with Gasteiger partial charge in [0.05, 0.1) is 0 Å². The summed E-state index contributed by atoms with van der Waals surface area (Å²) in [7, 11) is 0. The van der Waals surface area contributed by atoms with Gasteiger partial charge in [-0.3, -0.25) is 9.59 Å². The molecule has 0 aliphatic heterocycles. The minimum absolute atomic E-state index is 0.0928. The topological polar surface area (TPSA) is 86.6 Å². The second-order valence-corrected chi connectivity index (χ2v) is 4.35. The highest BCUT2D eigenvalue weighted by Gasteiger charge is 2.41. The summed E-state index contributed by atoms with van der Waals surface area (Å²) in [4.78, 5) is 21.8. The predicted molar refractivity (Wildman–Crippen MR) is 66.4 cm³/mol. The summed E-state index contributed by atoms with van der Waals surface area (Å²) in [6.07, 6.45) is 0.732. The molecule has 0 radical (unpaired) electrons. The lowest BCUT2D eigenvalue weighted by Crippen LogP contribution is -2.45. The van der Waals surface area contributed by atoms with Crippen LogP contribution in [0.4, 0.5) is 0 Å². The van der Waals surface area contributed by atoms with Crippen molar-refractivity contribution >= 4 is 11.9 Å². The smallest absolute Gasteiger partial charge is 0.322 e. The Morgan fingerprint density at radius 1 is 1.17 bits per heavy atom. The van der Waals surface area contributed by atoms with E-state index in [9.17, 15) is 9.59 Å². The van der Waals surface area contributed by atoms with Crippen molar-refractivity contribution in [2.45, 2.75) is 13.3 Å². The number of hydrogen-bond acceptors (Lipinski definition) is 3. The van der Waals surface area contributed by atoms with Crippen LogP contribution in [0.2, 0.25) is 0 Å². The van der Waals surface area contributed by atoms with Crippen LogP contribution in [0.25, 0.3) is 0 Å². The number of carboxylic acid groups (broad SMARTS) is 2. The van der Waals surface area contributed by atoms with Crippen molar-refractivity contribution in [1.29, 1.82) is 0 Å². The third-order valence-corrected chi connectivity index (χ3v) is 2.86. The molecular formula is C13H17NO4. The lowest BCUT2D eigenvalue weighted by atomic mass is 9.91. The van der Waals surface area contributed by atoms with Crippen LogP contribution in [0.5, 0.6) is 0 Å². The Morgan fingerprint density at radius 2 is 1.72 bits per heavy atom. The van der Waals surface area contributed by atoms with Gasteiger partial charge in [-0.15, -0.1) is 0 Å². The molecule has 0 atom stereocenters. The molecule has 0 bridgehead atoms. The monoisotopic (exact) mass is 251 g/mol. The first-order chi connectivity index (χ1) is 8.47. The van der Waals surface area contributed by atoms with Gasteiger partial charge in [0.25, 0.3) is 0 Å². The largest absolute Gasteiger partial charge is 0.480 e. The molecule has 1 aromatic rings. The minimum Gasteiger partial charge on any atom is -0.480 e. The molecule has 98 valence electrons. The molecular weight excluding hydrogens is 234 g/mol. The first kappa shape index (κ1) is 14.2. The molecule has 1 aromatic carbocycles. The highest BCUT2D eigenvalue weighted by Crippen LogP contribution is 2.15. The van der Waals surface area contributed by atoms with Gasteiger partial charge in [0.1, 0.15) is 0 Å². The van der Waals surface area contributed by atoms with Crippen LogP contribution in [0.1, 0.15) is 12.5 Å². The zero-order valence-corrected chi connectivity index (χ0v) is 10.2. The van der Waals surface area contributed by atoms with Crippen molar-refractivity contribution in [3.63, 3.8) is 0 Å². The molecule has 0 saturated carbocycles. The first-order valence-corrected chi connectivity index (χ1v) is 5.68. The molecule has 0 aliphatic carbocycles. The van der Waals surface area contributed by atoms with Crippen molar-refractivity contribution in [2.75, 3.05) is 13.1 Å². The third kappa shape index (κ3) is 3.56. The molecule has 0 spiro atoms. The van der Waals surface area contributed by atoms with Gasteiger partial charge < -0.3 is 15.5 Å². The fraction of sp³-hybridized carbons (Fsp3) is 0.385. The van der Waals surface area contributed by atoms with Gasteiger partial charge in [-0.2, -0.15) is 0 Å². The van der Waals surface area contributed by atoms with Gasteiger partial charge in [0.2, 0.25) is 0 Å². The van der Waals surface area contributed by atoms with E-state index in [0.29, 0.717) is 6.54 Å². The molecule has 18 heavy (non-hydrogen) atoms. The van der Waals surface area contributed by atoms with E-state index in [2.05, 4.69) is 5.32 Å². The summed E-state index contributed by atoms with van der Waals surface area (Å²) in [6.45, 7) is 1.65. The van der Waals surface area contributed by atoms with E-state index >= 15 is 0 Å². The number of nitrogens with one attached hydrogen (secondary N) is 1. The van der Waals surface area contributed by atoms with Gasteiger partial charge in [0.15, 0.2) is 5.41 Å². The van der Waals surface area contributed by atoms with E-state index in [0.717, 1.165) is 12.0 Å². The molecule has 0 amide bonds. The zero-order chi connectivity index (χ0) is 13.6. The highest BCUT2D eigenvalue weighted by atomic mass is 16.4. The lowest BCUT2D eigenvalue weighted by molar-refractivity contribution is -0.162. The summed E-state index contributed by atoms with van der Waals surface area (Å²) in [5.41, 5.74) is -0.659. The van der Waals surface area contributed by atoms with Crippen molar-refractivity contribution in [2.24, 2.45) is 5.41 Å². The third-order valence-electron chi connectivity index (χ3n) is 2.86. The quantitative estimate of drug-likeness (QED) is 0.497. The first-order valence-electron chi connectivity index (χ1n) is 5.68. The number of carboxylic acids is 2. The maximum absolute atomic E-state index is 10.9. The summed E-state index contributed by atoms with van der Waals surface area (Å²) in [5, 5.41) is 20.7. The standard InChI is InChI=1S/C13H17NO4/c1-13(11(15)16,12(17)18)9-14-8-7-10-5-3-2-4-6-10/h2-6,14H,7-9H2,1H3,(H,15,16)(H,17,18). The number of rotatable bonds is 7. The van der Waals surface area contributed by atoms with Crippen molar-refractivity contribution in [1.82, 2.24) is 5.32 Å². The van der Waals surface area contributed by atoms with Crippen LogP contribution >= 0.6 is 0 Å². The predicted octanol–water partition coefficient (Wildman–Crippen LogP) is 0.994. The molecule has 5 nitrogen and oxygen atoms in total. The second-order valence-electron chi connectivity index (χ2n) is 4.35. The van der Waals surface area contributed by atoms with Crippen LogP contribution in [0.3, 0.4) is 0 Å². The van der Waals surface area contributed by atoms with E-state index in [4.69, 9.17) is 10.2 Å². The van der Waals surface area contributed by atoms with Crippen LogP contribution in [-0.2, 0) is 16.0 Å². The van der Waals surface area contributed by atoms with E-state index in [1.54, 1.807) is 0 Å². The van der Waals surface area contributed by atoms with Gasteiger partial charge in [-0.25, -0.2) is 0 Å². The fourth-order valence-corrected chi connectivity index (χ4v) is 1.46.